The van der Waals surface area contributed by atoms with Crippen LogP contribution in [-0.2, 0) is 11.3 Å². The van der Waals surface area contributed by atoms with Gasteiger partial charge in [0, 0.05) is 26.1 Å². The summed E-state index contributed by atoms with van der Waals surface area (Å²) in [6.45, 7) is 7.63. The Morgan fingerprint density at radius 1 is 1.07 bits per heavy atom. The first-order chi connectivity index (χ1) is 14.5. The Kier molecular flexibility index (Phi) is 6.28. The van der Waals surface area contributed by atoms with Crippen molar-refractivity contribution in [3.63, 3.8) is 0 Å². The van der Waals surface area contributed by atoms with E-state index in [0.717, 1.165) is 37.3 Å². The van der Waals surface area contributed by atoms with Crippen LogP contribution in [0.1, 0.15) is 47.6 Å². The summed E-state index contributed by atoms with van der Waals surface area (Å²) in [7, 11) is 1.90. The summed E-state index contributed by atoms with van der Waals surface area (Å²) in [4.78, 5) is 17.1. The smallest absolute Gasteiger partial charge is 0.236 e. The number of ether oxygens (including phenoxy) is 2. The van der Waals surface area contributed by atoms with Gasteiger partial charge in [0.1, 0.15) is 0 Å². The summed E-state index contributed by atoms with van der Waals surface area (Å²) in [5.41, 5.74) is 4.90. The molecule has 1 amide bonds. The molecule has 1 atom stereocenters. The number of carbonyl (C=O) groups excluding carboxylic acids is 1. The predicted molar refractivity (Wildman–Crippen MR) is 118 cm³/mol. The maximum atomic E-state index is 13.0. The number of hydrogen-bond donors (Lipinski definition) is 0. The molecule has 4 rings (SSSR count). The number of fused-ring (bicyclic) bond motifs is 1. The molecular weight excluding hydrogens is 376 g/mol. The van der Waals surface area contributed by atoms with Crippen LogP contribution in [0.3, 0.4) is 0 Å². The van der Waals surface area contributed by atoms with Crippen LogP contribution in [-0.4, -0.2) is 49.1 Å². The van der Waals surface area contributed by atoms with Crippen molar-refractivity contribution in [2.45, 2.75) is 45.7 Å². The minimum atomic E-state index is 0.163. The van der Waals surface area contributed by atoms with Gasteiger partial charge in [0.25, 0.3) is 0 Å². The van der Waals surface area contributed by atoms with Gasteiger partial charge >= 0.3 is 0 Å². The largest absolute Gasteiger partial charge is 0.490 e. The van der Waals surface area contributed by atoms with Crippen LogP contribution in [0.4, 0.5) is 0 Å². The molecule has 2 aromatic rings. The zero-order valence-electron chi connectivity index (χ0n) is 18.3. The number of aryl methyl sites for hydroxylation is 2. The van der Waals surface area contributed by atoms with Gasteiger partial charge in [0.15, 0.2) is 11.5 Å². The molecule has 0 radical (unpaired) electrons. The summed E-state index contributed by atoms with van der Waals surface area (Å²) in [5.74, 6) is 1.82. The number of amides is 1. The van der Waals surface area contributed by atoms with Gasteiger partial charge in [-0.15, -0.1) is 0 Å². The number of nitrogens with zero attached hydrogens (tertiary/aromatic N) is 2. The van der Waals surface area contributed by atoms with E-state index in [0.29, 0.717) is 26.3 Å². The van der Waals surface area contributed by atoms with Crippen molar-refractivity contribution in [2.24, 2.45) is 0 Å². The molecule has 2 aromatic carbocycles. The van der Waals surface area contributed by atoms with Crippen molar-refractivity contribution in [3.05, 3.63) is 58.7 Å². The molecule has 1 fully saturated rings. The van der Waals surface area contributed by atoms with E-state index in [4.69, 9.17) is 9.47 Å². The molecule has 2 heterocycles. The fourth-order valence-corrected chi connectivity index (χ4v) is 4.44. The lowest BCUT2D eigenvalue weighted by Gasteiger charge is -2.27. The molecule has 5 heteroatoms. The van der Waals surface area contributed by atoms with Crippen LogP contribution in [0.5, 0.6) is 11.5 Å². The number of benzene rings is 2. The Morgan fingerprint density at radius 2 is 1.87 bits per heavy atom. The molecular formula is C25H32N2O3. The second-order valence-electron chi connectivity index (χ2n) is 8.56. The molecule has 160 valence electrons. The van der Waals surface area contributed by atoms with E-state index in [9.17, 15) is 4.79 Å². The Balaban J connectivity index is 1.42. The molecule has 0 bridgehead atoms. The number of likely N-dealkylation sites (tertiary alicyclic amines) is 1. The van der Waals surface area contributed by atoms with Gasteiger partial charge in [-0.05, 0) is 62.1 Å². The van der Waals surface area contributed by atoms with Gasteiger partial charge in [0.2, 0.25) is 5.91 Å². The molecule has 1 saturated heterocycles. The average molecular weight is 409 g/mol. The standard InChI is InChI=1S/C25H32N2O3/c1-18-7-8-21(19(2)14-18)16-26(3)25(28)17-27-11-4-6-22(27)20-9-10-23-24(15-20)30-13-5-12-29-23/h7-10,14-15,22H,4-6,11-13,16-17H2,1-3H3. The van der Waals surface area contributed by atoms with Gasteiger partial charge < -0.3 is 14.4 Å². The van der Waals surface area contributed by atoms with E-state index in [2.05, 4.69) is 49.1 Å². The molecule has 0 spiro atoms. The Bertz CT molecular complexity index is 911. The van der Waals surface area contributed by atoms with Crippen molar-refractivity contribution >= 4 is 5.91 Å². The first-order valence-electron chi connectivity index (χ1n) is 10.9. The highest BCUT2D eigenvalue weighted by Gasteiger charge is 2.29. The summed E-state index contributed by atoms with van der Waals surface area (Å²) < 4.78 is 11.6. The normalized spacial score (nSPS) is 18.8. The Hall–Kier alpha value is -2.53. The van der Waals surface area contributed by atoms with Gasteiger partial charge in [-0.2, -0.15) is 0 Å². The van der Waals surface area contributed by atoms with E-state index < -0.39 is 0 Å². The number of carbonyl (C=O) groups is 1. The van der Waals surface area contributed by atoms with Crippen molar-refractivity contribution in [1.29, 1.82) is 0 Å². The van der Waals surface area contributed by atoms with Crippen LogP contribution < -0.4 is 9.47 Å². The summed E-state index contributed by atoms with van der Waals surface area (Å²) >= 11 is 0. The van der Waals surface area contributed by atoms with Crippen LogP contribution in [0.15, 0.2) is 36.4 Å². The third-order valence-corrected chi connectivity index (χ3v) is 6.19. The number of rotatable bonds is 5. The van der Waals surface area contributed by atoms with Crippen molar-refractivity contribution < 1.29 is 14.3 Å². The Morgan fingerprint density at radius 3 is 2.67 bits per heavy atom. The Labute approximate surface area is 179 Å². The van der Waals surface area contributed by atoms with E-state index >= 15 is 0 Å². The second kappa shape index (κ2) is 9.09. The fraction of sp³-hybridized carbons (Fsp3) is 0.480. The lowest BCUT2D eigenvalue weighted by Crippen LogP contribution is -2.38. The van der Waals surface area contributed by atoms with E-state index in [1.807, 2.05) is 18.0 Å². The molecule has 0 aliphatic carbocycles. The van der Waals surface area contributed by atoms with Crippen LogP contribution in [0, 0.1) is 13.8 Å². The zero-order valence-corrected chi connectivity index (χ0v) is 18.3. The summed E-state index contributed by atoms with van der Waals surface area (Å²) in [5, 5.41) is 0. The van der Waals surface area contributed by atoms with Crippen molar-refractivity contribution in [2.75, 3.05) is 33.4 Å². The second-order valence-corrected chi connectivity index (χ2v) is 8.56. The quantitative estimate of drug-likeness (QED) is 0.741. The minimum Gasteiger partial charge on any atom is -0.490 e. The molecule has 0 saturated carbocycles. The summed E-state index contributed by atoms with van der Waals surface area (Å²) in [6, 6.07) is 12.9. The first-order valence-corrected chi connectivity index (χ1v) is 10.9. The fourth-order valence-electron chi connectivity index (χ4n) is 4.44. The van der Waals surface area contributed by atoms with Gasteiger partial charge in [-0.1, -0.05) is 29.8 Å². The SMILES string of the molecule is Cc1ccc(CN(C)C(=O)CN2CCCC2c2ccc3c(c2)OCCCO3)c(C)c1. The third kappa shape index (κ3) is 4.62. The molecule has 5 nitrogen and oxygen atoms in total. The average Bonchev–Trinajstić information content (AvgIpc) is 3.05. The van der Waals surface area contributed by atoms with Crippen molar-refractivity contribution in [3.8, 4) is 11.5 Å². The minimum absolute atomic E-state index is 0.163. The highest BCUT2D eigenvalue weighted by Crippen LogP contribution is 2.37. The monoisotopic (exact) mass is 408 g/mol. The van der Waals surface area contributed by atoms with E-state index in [1.54, 1.807) is 0 Å². The lowest BCUT2D eigenvalue weighted by atomic mass is 10.0. The highest BCUT2D eigenvalue weighted by molar-refractivity contribution is 5.78. The highest BCUT2D eigenvalue weighted by atomic mass is 16.5. The zero-order chi connectivity index (χ0) is 21.1. The molecule has 2 aliphatic rings. The third-order valence-electron chi connectivity index (χ3n) is 6.19. The maximum absolute atomic E-state index is 13.0. The lowest BCUT2D eigenvalue weighted by molar-refractivity contribution is -0.131. The topological polar surface area (TPSA) is 42.0 Å². The van der Waals surface area contributed by atoms with Crippen LogP contribution in [0.2, 0.25) is 0 Å². The number of likely N-dealkylation sites (N-methyl/N-ethyl adjacent to an activating group) is 1. The maximum Gasteiger partial charge on any atom is 0.236 e. The molecule has 30 heavy (non-hydrogen) atoms. The predicted octanol–water partition coefficient (Wildman–Crippen LogP) is 4.26. The van der Waals surface area contributed by atoms with Gasteiger partial charge in [-0.3, -0.25) is 9.69 Å². The molecule has 2 aliphatic heterocycles. The molecule has 0 aromatic heterocycles. The first kappa shape index (κ1) is 20.7. The summed E-state index contributed by atoms with van der Waals surface area (Å²) in [6.07, 6.45) is 3.07. The number of hydrogen-bond acceptors (Lipinski definition) is 4. The van der Waals surface area contributed by atoms with Gasteiger partial charge in [0.05, 0.1) is 19.8 Å². The van der Waals surface area contributed by atoms with Crippen molar-refractivity contribution in [1.82, 2.24) is 9.80 Å². The van der Waals surface area contributed by atoms with E-state index in [-0.39, 0.29) is 11.9 Å². The van der Waals surface area contributed by atoms with Crippen LogP contribution >= 0.6 is 0 Å². The molecule has 0 N–H and O–H groups in total. The van der Waals surface area contributed by atoms with Crippen LogP contribution in [0.25, 0.3) is 0 Å². The van der Waals surface area contributed by atoms with E-state index in [1.165, 1.54) is 22.3 Å². The van der Waals surface area contributed by atoms with Gasteiger partial charge in [-0.25, -0.2) is 0 Å². The molecule has 1 unspecified atom stereocenters.